The Labute approximate surface area is 98.4 Å². The van der Waals surface area contributed by atoms with Crippen LogP contribution in [0.1, 0.15) is 37.3 Å². The summed E-state index contributed by atoms with van der Waals surface area (Å²) in [6.45, 7) is 3.68. The van der Waals surface area contributed by atoms with Gasteiger partial charge in [0.05, 0.1) is 0 Å². The number of benzene rings is 1. The molecule has 1 aromatic carbocycles. The molecule has 1 fully saturated rings. The van der Waals surface area contributed by atoms with Crippen molar-refractivity contribution in [1.82, 2.24) is 4.90 Å². The zero-order chi connectivity index (χ0) is 11.2. The van der Waals surface area contributed by atoms with Crippen LogP contribution >= 0.6 is 0 Å². The van der Waals surface area contributed by atoms with Crippen molar-refractivity contribution in [3.05, 3.63) is 35.9 Å². The zero-order valence-electron chi connectivity index (χ0n) is 9.94. The first-order valence-electron chi connectivity index (χ1n) is 6.39. The standard InChI is InChI=1S/C14H22N2/c15-14(13-7-3-1-4-8-13)9-12-16-10-5-2-6-11-16/h1,3-4,7-8,14H,2,5-6,9-12,15H2/t14-/m0/s1. The van der Waals surface area contributed by atoms with E-state index in [1.165, 1.54) is 37.9 Å². The summed E-state index contributed by atoms with van der Waals surface area (Å²) in [6, 6.07) is 10.6. The molecular formula is C14H22N2. The molecule has 0 spiro atoms. The van der Waals surface area contributed by atoms with Gasteiger partial charge in [0.2, 0.25) is 0 Å². The molecule has 1 heterocycles. The molecule has 1 aromatic rings. The molecule has 2 N–H and O–H groups in total. The minimum Gasteiger partial charge on any atom is -0.324 e. The first kappa shape index (κ1) is 11.6. The van der Waals surface area contributed by atoms with E-state index < -0.39 is 0 Å². The van der Waals surface area contributed by atoms with E-state index in [0.29, 0.717) is 0 Å². The minimum absolute atomic E-state index is 0.197. The summed E-state index contributed by atoms with van der Waals surface area (Å²) in [5, 5.41) is 0. The zero-order valence-corrected chi connectivity index (χ0v) is 9.94. The van der Waals surface area contributed by atoms with Crippen molar-refractivity contribution in [3.8, 4) is 0 Å². The van der Waals surface area contributed by atoms with E-state index in [1.54, 1.807) is 0 Å². The van der Waals surface area contributed by atoms with Gasteiger partial charge in [-0.2, -0.15) is 0 Å². The van der Waals surface area contributed by atoms with Crippen LogP contribution in [0, 0.1) is 0 Å². The van der Waals surface area contributed by atoms with Gasteiger partial charge in [-0.1, -0.05) is 36.8 Å². The Morgan fingerprint density at radius 3 is 2.44 bits per heavy atom. The van der Waals surface area contributed by atoms with E-state index in [-0.39, 0.29) is 6.04 Å². The Kier molecular flexibility index (Phi) is 4.37. The van der Waals surface area contributed by atoms with Gasteiger partial charge in [0.1, 0.15) is 0 Å². The highest BCUT2D eigenvalue weighted by Crippen LogP contribution is 2.15. The SMILES string of the molecule is N[C@@H](CCN1CCCCC1)c1ccccc1. The smallest absolute Gasteiger partial charge is 0.0307 e. The normalized spacial score (nSPS) is 19.6. The lowest BCUT2D eigenvalue weighted by atomic mass is 10.0. The summed E-state index contributed by atoms with van der Waals surface area (Å²) >= 11 is 0. The average molecular weight is 218 g/mol. The van der Waals surface area contributed by atoms with Crippen LogP contribution in [-0.4, -0.2) is 24.5 Å². The molecule has 1 atom stereocenters. The van der Waals surface area contributed by atoms with Gasteiger partial charge >= 0.3 is 0 Å². The fraction of sp³-hybridized carbons (Fsp3) is 0.571. The topological polar surface area (TPSA) is 29.3 Å². The Bertz CT molecular complexity index is 291. The third-order valence-corrected chi connectivity index (χ3v) is 3.43. The van der Waals surface area contributed by atoms with E-state index in [4.69, 9.17) is 5.73 Å². The monoisotopic (exact) mass is 218 g/mol. The third-order valence-electron chi connectivity index (χ3n) is 3.43. The van der Waals surface area contributed by atoms with Gasteiger partial charge in [-0.3, -0.25) is 0 Å². The fourth-order valence-electron chi connectivity index (χ4n) is 2.37. The van der Waals surface area contributed by atoms with Crippen molar-refractivity contribution >= 4 is 0 Å². The largest absolute Gasteiger partial charge is 0.324 e. The fourth-order valence-corrected chi connectivity index (χ4v) is 2.37. The van der Waals surface area contributed by atoms with Crippen LogP contribution in [0.3, 0.4) is 0 Å². The molecule has 0 aliphatic carbocycles. The number of piperidine rings is 1. The van der Waals surface area contributed by atoms with Crippen LogP contribution < -0.4 is 5.73 Å². The molecule has 2 nitrogen and oxygen atoms in total. The van der Waals surface area contributed by atoms with Crippen molar-refractivity contribution in [3.63, 3.8) is 0 Å². The minimum atomic E-state index is 0.197. The van der Waals surface area contributed by atoms with Crippen molar-refractivity contribution in [1.29, 1.82) is 0 Å². The van der Waals surface area contributed by atoms with Crippen LogP contribution in [0.2, 0.25) is 0 Å². The number of hydrogen-bond donors (Lipinski definition) is 1. The second-order valence-corrected chi connectivity index (χ2v) is 4.71. The quantitative estimate of drug-likeness (QED) is 0.841. The number of nitrogens with zero attached hydrogens (tertiary/aromatic N) is 1. The van der Waals surface area contributed by atoms with E-state index in [0.717, 1.165) is 13.0 Å². The first-order chi connectivity index (χ1) is 7.86. The lowest BCUT2D eigenvalue weighted by Gasteiger charge is -2.27. The van der Waals surface area contributed by atoms with Crippen molar-refractivity contribution < 1.29 is 0 Å². The Hall–Kier alpha value is -0.860. The molecule has 88 valence electrons. The highest BCUT2D eigenvalue weighted by atomic mass is 15.1. The second kappa shape index (κ2) is 6.02. The van der Waals surface area contributed by atoms with Gasteiger partial charge in [-0.25, -0.2) is 0 Å². The number of hydrogen-bond acceptors (Lipinski definition) is 2. The summed E-state index contributed by atoms with van der Waals surface area (Å²) in [7, 11) is 0. The van der Waals surface area contributed by atoms with Gasteiger partial charge in [-0.15, -0.1) is 0 Å². The van der Waals surface area contributed by atoms with E-state index in [9.17, 15) is 0 Å². The van der Waals surface area contributed by atoms with Crippen LogP contribution in [0.25, 0.3) is 0 Å². The second-order valence-electron chi connectivity index (χ2n) is 4.71. The molecule has 0 amide bonds. The van der Waals surface area contributed by atoms with E-state index >= 15 is 0 Å². The molecule has 16 heavy (non-hydrogen) atoms. The maximum atomic E-state index is 6.19. The maximum Gasteiger partial charge on any atom is 0.0307 e. The van der Waals surface area contributed by atoms with Gasteiger partial charge in [0, 0.05) is 6.04 Å². The average Bonchev–Trinajstić information content (AvgIpc) is 2.38. The van der Waals surface area contributed by atoms with Crippen molar-refractivity contribution in [2.75, 3.05) is 19.6 Å². The van der Waals surface area contributed by atoms with Gasteiger partial charge < -0.3 is 10.6 Å². The molecular weight excluding hydrogens is 196 g/mol. The maximum absolute atomic E-state index is 6.19. The summed E-state index contributed by atoms with van der Waals surface area (Å²) in [6.07, 6.45) is 5.20. The molecule has 1 aliphatic heterocycles. The lowest BCUT2D eigenvalue weighted by molar-refractivity contribution is 0.221. The third kappa shape index (κ3) is 3.32. The molecule has 0 radical (unpaired) electrons. The highest BCUT2D eigenvalue weighted by Gasteiger charge is 2.12. The summed E-state index contributed by atoms with van der Waals surface area (Å²) in [4.78, 5) is 2.55. The van der Waals surface area contributed by atoms with E-state index in [2.05, 4.69) is 29.2 Å². The molecule has 0 saturated carbocycles. The van der Waals surface area contributed by atoms with Crippen molar-refractivity contribution in [2.45, 2.75) is 31.7 Å². The first-order valence-corrected chi connectivity index (χ1v) is 6.39. The molecule has 0 aromatic heterocycles. The molecule has 0 bridgehead atoms. The van der Waals surface area contributed by atoms with Crippen LogP contribution in [0.15, 0.2) is 30.3 Å². The van der Waals surface area contributed by atoms with E-state index in [1.807, 2.05) is 6.07 Å². The predicted octanol–water partition coefficient (Wildman–Crippen LogP) is 2.56. The van der Waals surface area contributed by atoms with Gasteiger partial charge in [-0.05, 0) is 44.5 Å². The van der Waals surface area contributed by atoms with Gasteiger partial charge in [0.25, 0.3) is 0 Å². The van der Waals surface area contributed by atoms with Crippen LogP contribution in [0.5, 0.6) is 0 Å². The molecule has 2 rings (SSSR count). The Morgan fingerprint density at radius 2 is 1.75 bits per heavy atom. The highest BCUT2D eigenvalue weighted by molar-refractivity contribution is 5.18. The molecule has 0 unspecified atom stereocenters. The van der Waals surface area contributed by atoms with Crippen LogP contribution in [-0.2, 0) is 0 Å². The Morgan fingerprint density at radius 1 is 1.06 bits per heavy atom. The number of nitrogens with two attached hydrogens (primary N) is 1. The number of rotatable bonds is 4. The number of likely N-dealkylation sites (tertiary alicyclic amines) is 1. The predicted molar refractivity (Wildman–Crippen MR) is 68.3 cm³/mol. The van der Waals surface area contributed by atoms with Crippen LogP contribution in [0.4, 0.5) is 0 Å². The van der Waals surface area contributed by atoms with Crippen molar-refractivity contribution in [2.24, 2.45) is 5.73 Å². The summed E-state index contributed by atoms with van der Waals surface area (Å²) in [5.41, 5.74) is 7.45. The summed E-state index contributed by atoms with van der Waals surface area (Å²) < 4.78 is 0. The molecule has 2 heteroatoms. The Balaban J connectivity index is 1.77. The lowest BCUT2D eigenvalue weighted by Crippen LogP contribution is -2.32. The molecule has 1 saturated heterocycles. The summed E-state index contributed by atoms with van der Waals surface area (Å²) in [5.74, 6) is 0. The van der Waals surface area contributed by atoms with Gasteiger partial charge in [0.15, 0.2) is 0 Å². The molecule has 1 aliphatic rings.